The lowest BCUT2D eigenvalue weighted by Crippen LogP contribution is -2.40. The van der Waals surface area contributed by atoms with E-state index in [1.807, 2.05) is 17.5 Å². The lowest BCUT2D eigenvalue weighted by Gasteiger charge is -2.34. The Bertz CT molecular complexity index is 956. The summed E-state index contributed by atoms with van der Waals surface area (Å²) in [6.07, 6.45) is 5.08. The van der Waals surface area contributed by atoms with Crippen LogP contribution in [0, 0.1) is 5.92 Å². The van der Waals surface area contributed by atoms with Crippen molar-refractivity contribution in [1.29, 1.82) is 0 Å². The number of carbonyl (C=O) groups excluding carboxylic acids is 2. The van der Waals surface area contributed by atoms with E-state index in [1.54, 1.807) is 29.2 Å². The van der Waals surface area contributed by atoms with Crippen LogP contribution in [0.3, 0.4) is 0 Å². The van der Waals surface area contributed by atoms with Crippen LogP contribution in [0.25, 0.3) is 5.76 Å². The summed E-state index contributed by atoms with van der Waals surface area (Å²) in [5, 5.41) is 13.1. The number of nitrogens with zero attached hydrogens (tertiary/aromatic N) is 1. The van der Waals surface area contributed by atoms with Crippen LogP contribution in [0.4, 0.5) is 0 Å². The van der Waals surface area contributed by atoms with Crippen molar-refractivity contribution in [3.05, 3.63) is 57.8 Å². The zero-order valence-corrected chi connectivity index (χ0v) is 18.9. The lowest BCUT2D eigenvalue weighted by atomic mass is 9.93. The number of thiophene rings is 1. The molecule has 2 heterocycles. The Balaban J connectivity index is 1.71. The summed E-state index contributed by atoms with van der Waals surface area (Å²) in [6, 6.07) is 10.4. The molecule has 1 aliphatic carbocycles. The highest BCUT2D eigenvalue weighted by molar-refractivity contribution is 7.10. The average molecular weight is 440 g/mol. The predicted molar refractivity (Wildman–Crippen MR) is 122 cm³/mol. The van der Waals surface area contributed by atoms with Crippen LogP contribution >= 0.6 is 11.3 Å². The topological polar surface area (TPSA) is 66.8 Å². The Kier molecular flexibility index (Phi) is 6.46. The number of aliphatic hydroxyl groups excluding tert-OH is 1. The Morgan fingerprint density at radius 1 is 1.13 bits per heavy atom. The van der Waals surface area contributed by atoms with Gasteiger partial charge in [-0.1, -0.05) is 39.2 Å². The summed E-state index contributed by atoms with van der Waals surface area (Å²) >= 11 is 1.51. The first-order chi connectivity index (χ1) is 15.0. The number of aliphatic hydroxyl groups is 1. The van der Waals surface area contributed by atoms with E-state index < -0.39 is 17.7 Å². The van der Waals surface area contributed by atoms with Crippen LogP contribution in [-0.2, 0) is 9.59 Å². The molecular formula is C25H29NO4S. The standard InChI is InChI=1S/C25H29NO4S/c1-16(2)15-30-19-12-10-17(11-13-19)23(27)21-22(20-9-6-14-31-20)26(25(29)24(21)28)18-7-4-3-5-8-18/h6,9-14,16,18,22,27H,3-5,7-8,15H2,1-2H3/b23-21-. The molecule has 4 rings (SSSR count). The molecule has 5 nitrogen and oxygen atoms in total. The molecule has 0 bridgehead atoms. The molecule has 2 aliphatic rings. The second-order valence-corrected chi connectivity index (χ2v) is 9.72. The van der Waals surface area contributed by atoms with Gasteiger partial charge in [0.25, 0.3) is 11.7 Å². The van der Waals surface area contributed by atoms with Crippen molar-refractivity contribution in [2.75, 3.05) is 6.61 Å². The quantitative estimate of drug-likeness (QED) is 0.365. The second-order valence-electron chi connectivity index (χ2n) is 8.74. The van der Waals surface area contributed by atoms with E-state index >= 15 is 0 Å². The second kappa shape index (κ2) is 9.27. The molecule has 2 aromatic rings. The van der Waals surface area contributed by atoms with Crippen LogP contribution in [0.15, 0.2) is 47.4 Å². The Hall–Kier alpha value is -2.60. The van der Waals surface area contributed by atoms with Crippen molar-refractivity contribution in [2.24, 2.45) is 5.92 Å². The van der Waals surface area contributed by atoms with E-state index in [0.717, 1.165) is 37.0 Å². The molecule has 0 radical (unpaired) electrons. The van der Waals surface area contributed by atoms with E-state index in [-0.39, 0.29) is 17.4 Å². The maximum absolute atomic E-state index is 13.1. The molecule has 1 atom stereocenters. The summed E-state index contributed by atoms with van der Waals surface area (Å²) in [7, 11) is 0. The van der Waals surface area contributed by atoms with Gasteiger partial charge in [0.2, 0.25) is 0 Å². The fourth-order valence-corrected chi connectivity index (χ4v) is 5.27. The van der Waals surface area contributed by atoms with Gasteiger partial charge in [-0.2, -0.15) is 0 Å². The van der Waals surface area contributed by atoms with Crippen LogP contribution in [0.5, 0.6) is 5.75 Å². The molecule has 1 saturated heterocycles. The molecule has 31 heavy (non-hydrogen) atoms. The molecule has 1 aromatic heterocycles. The van der Waals surface area contributed by atoms with Gasteiger partial charge in [0.15, 0.2) is 0 Å². The third-order valence-electron chi connectivity index (χ3n) is 5.97. The summed E-state index contributed by atoms with van der Waals surface area (Å²) in [5.41, 5.74) is 0.703. The lowest BCUT2D eigenvalue weighted by molar-refractivity contribution is -0.141. The zero-order chi connectivity index (χ0) is 22.0. The van der Waals surface area contributed by atoms with E-state index in [4.69, 9.17) is 4.74 Å². The van der Waals surface area contributed by atoms with Crippen LogP contribution in [0.1, 0.15) is 62.4 Å². The van der Waals surface area contributed by atoms with Crippen molar-refractivity contribution in [1.82, 2.24) is 4.90 Å². The number of ether oxygens (including phenoxy) is 1. The molecule has 1 aromatic carbocycles. The summed E-state index contributed by atoms with van der Waals surface area (Å²) in [5.74, 6) is -0.0897. The molecule has 1 saturated carbocycles. The third kappa shape index (κ3) is 4.40. The fourth-order valence-electron chi connectivity index (χ4n) is 4.44. The van der Waals surface area contributed by atoms with Gasteiger partial charge >= 0.3 is 0 Å². The number of carbonyl (C=O) groups is 2. The first-order valence-electron chi connectivity index (χ1n) is 11.0. The first-order valence-corrected chi connectivity index (χ1v) is 11.9. The highest BCUT2D eigenvalue weighted by atomic mass is 32.1. The minimum Gasteiger partial charge on any atom is -0.507 e. The SMILES string of the molecule is CC(C)COc1ccc(/C(O)=C2/C(=O)C(=O)N(C3CCCCC3)C2c2cccs2)cc1. The zero-order valence-electron chi connectivity index (χ0n) is 18.0. The number of hydrogen-bond donors (Lipinski definition) is 1. The molecule has 1 N–H and O–H groups in total. The Morgan fingerprint density at radius 3 is 2.45 bits per heavy atom. The van der Waals surface area contributed by atoms with Gasteiger partial charge in [-0.05, 0) is 54.5 Å². The van der Waals surface area contributed by atoms with Crippen molar-refractivity contribution in [2.45, 2.75) is 58.0 Å². The number of amides is 1. The van der Waals surface area contributed by atoms with E-state index in [1.165, 1.54) is 11.3 Å². The first kappa shape index (κ1) is 21.6. The van der Waals surface area contributed by atoms with Crippen LogP contribution < -0.4 is 4.74 Å². The third-order valence-corrected chi connectivity index (χ3v) is 6.90. The Morgan fingerprint density at radius 2 is 1.84 bits per heavy atom. The molecule has 2 fully saturated rings. The molecule has 1 aliphatic heterocycles. The highest BCUT2D eigenvalue weighted by Gasteiger charge is 2.49. The van der Waals surface area contributed by atoms with E-state index in [0.29, 0.717) is 23.8 Å². The summed E-state index contributed by atoms with van der Waals surface area (Å²) in [6.45, 7) is 4.77. The molecule has 0 spiro atoms. The molecule has 164 valence electrons. The number of ketones is 1. The van der Waals surface area contributed by atoms with E-state index in [2.05, 4.69) is 13.8 Å². The van der Waals surface area contributed by atoms with Crippen molar-refractivity contribution in [3.63, 3.8) is 0 Å². The van der Waals surface area contributed by atoms with Gasteiger partial charge in [-0.15, -0.1) is 11.3 Å². The number of rotatable bonds is 6. The smallest absolute Gasteiger partial charge is 0.295 e. The highest BCUT2D eigenvalue weighted by Crippen LogP contribution is 2.44. The largest absolute Gasteiger partial charge is 0.507 e. The summed E-state index contributed by atoms with van der Waals surface area (Å²) in [4.78, 5) is 28.8. The van der Waals surface area contributed by atoms with E-state index in [9.17, 15) is 14.7 Å². The minimum absolute atomic E-state index is 0.0365. The molecule has 1 amide bonds. The number of likely N-dealkylation sites (tertiary alicyclic amines) is 1. The van der Waals surface area contributed by atoms with Gasteiger partial charge in [-0.25, -0.2) is 0 Å². The van der Waals surface area contributed by atoms with Gasteiger partial charge in [0.1, 0.15) is 11.5 Å². The minimum atomic E-state index is -0.596. The maximum Gasteiger partial charge on any atom is 0.295 e. The monoisotopic (exact) mass is 439 g/mol. The van der Waals surface area contributed by atoms with Crippen LogP contribution in [-0.4, -0.2) is 34.3 Å². The van der Waals surface area contributed by atoms with Gasteiger partial charge < -0.3 is 14.7 Å². The predicted octanol–water partition coefficient (Wildman–Crippen LogP) is 5.54. The molecule has 1 unspecified atom stereocenters. The van der Waals surface area contributed by atoms with Gasteiger partial charge in [0.05, 0.1) is 18.2 Å². The number of Topliss-reactive ketones (excluding diaryl/α,β-unsaturated/α-hetero) is 1. The normalized spacial score (nSPS) is 21.8. The maximum atomic E-state index is 13.1. The molecular weight excluding hydrogens is 410 g/mol. The molecule has 6 heteroatoms. The number of hydrogen-bond acceptors (Lipinski definition) is 5. The fraction of sp³-hybridized carbons (Fsp3) is 0.440. The number of benzene rings is 1. The van der Waals surface area contributed by atoms with Gasteiger partial charge in [0, 0.05) is 16.5 Å². The van der Waals surface area contributed by atoms with Gasteiger partial charge in [-0.3, -0.25) is 9.59 Å². The van der Waals surface area contributed by atoms with Crippen molar-refractivity contribution in [3.8, 4) is 5.75 Å². The summed E-state index contributed by atoms with van der Waals surface area (Å²) < 4.78 is 5.72. The Labute approximate surface area is 187 Å². The van der Waals surface area contributed by atoms with Crippen molar-refractivity contribution >= 4 is 28.8 Å². The van der Waals surface area contributed by atoms with Crippen LogP contribution in [0.2, 0.25) is 0 Å². The van der Waals surface area contributed by atoms with Crippen molar-refractivity contribution < 1.29 is 19.4 Å². The average Bonchev–Trinajstić information content (AvgIpc) is 3.40.